The minimum Gasteiger partial charge on any atom is -0.489 e. The molecule has 1 fully saturated rings. The van der Waals surface area contributed by atoms with Gasteiger partial charge in [-0.25, -0.2) is 15.0 Å². The van der Waals surface area contributed by atoms with Crippen LogP contribution in [0.25, 0.3) is 0 Å². The summed E-state index contributed by atoms with van der Waals surface area (Å²) in [6, 6.07) is 5.56. The fourth-order valence-electron chi connectivity index (χ4n) is 2.11. The van der Waals surface area contributed by atoms with E-state index in [0.717, 1.165) is 31.7 Å². The molecule has 0 amide bonds. The summed E-state index contributed by atoms with van der Waals surface area (Å²) in [5.41, 5.74) is 0. The quantitative estimate of drug-likeness (QED) is 0.882. The van der Waals surface area contributed by atoms with Crippen molar-refractivity contribution in [2.24, 2.45) is 0 Å². The Kier molecular flexibility index (Phi) is 4.03. The topological polar surface area (TPSA) is 72.0 Å². The molecule has 0 aromatic carbocycles. The molecule has 0 bridgehead atoms. The van der Waals surface area contributed by atoms with Crippen molar-refractivity contribution in [1.29, 1.82) is 0 Å². The minimum atomic E-state index is 0.286. The van der Waals surface area contributed by atoms with Crippen LogP contribution in [0.4, 0.5) is 11.8 Å². The smallest absolute Gasteiger partial charge is 0.228 e. The third-order valence-corrected chi connectivity index (χ3v) is 3.13. The Morgan fingerprint density at radius 3 is 2.60 bits per heavy atom. The third kappa shape index (κ3) is 3.42. The maximum absolute atomic E-state index is 5.90. The van der Waals surface area contributed by atoms with Crippen molar-refractivity contribution >= 4 is 11.8 Å². The van der Waals surface area contributed by atoms with Crippen LogP contribution in [0.3, 0.4) is 0 Å². The zero-order valence-corrected chi connectivity index (χ0v) is 11.1. The predicted octanol–water partition coefficient (Wildman–Crippen LogP) is 1.75. The van der Waals surface area contributed by atoms with E-state index in [4.69, 9.17) is 4.74 Å². The highest BCUT2D eigenvalue weighted by atomic mass is 16.5. The first-order chi connectivity index (χ1) is 9.90. The van der Waals surface area contributed by atoms with Crippen molar-refractivity contribution in [3.05, 3.63) is 36.8 Å². The van der Waals surface area contributed by atoms with Gasteiger partial charge in [0.2, 0.25) is 5.95 Å². The highest BCUT2D eigenvalue weighted by molar-refractivity contribution is 5.47. The van der Waals surface area contributed by atoms with E-state index in [9.17, 15) is 0 Å². The van der Waals surface area contributed by atoms with E-state index < -0.39 is 0 Å². The molecular weight excluding hydrogens is 254 g/mol. The molecule has 2 N–H and O–H groups in total. The molecule has 1 aliphatic heterocycles. The van der Waals surface area contributed by atoms with Gasteiger partial charge >= 0.3 is 0 Å². The number of anilines is 2. The van der Waals surface area contributed by atoms with Gasteiger partial charge in [0.15, 0.2) is 0 Å². The summed E-state index contributed by atoms with van der Waals surface area (Å²) in [4.78, 5) is 12.5. The van der Waals surface area contributed by atoms with E-state index in [1.807, 2.05) is 12.1 Å². The number of ether oxygens (including phenoxy) is 1. The van der Waals surface area contributed by atoms with Gasteiger partial charge in [-0.2, -0.15) is 0 Å². The molecule has 3 heterocycles. The normalized spacial score (nSPS) is 15.8. The van der Waals surface area contributed by atoms with Crippen LogP contribution >= 0.6 is 0 Å². The van der Waals surface area contributed by atoms with Gasteiger partial charge in [-0.15, -0.1) is 0 Å². The molecule has 6 heteroatoms. The molecule has 3 rings (SSSR count). The van der Waals surface area contributed by atoms with Crippen LogP contribution in [0, 0.1) is 0 Å². The fraction of sp³-hybridized carbons (Fsp3) is 0.357. The predicted molar refractivity (Wildman–Crippen MR) is 76.1 cm³/mol. The lowest BCUT2D eigenvalue weighted by Crippen LogP contribution is -2.34. The lowest BCUT2D eigenvalue weighted by atomic mass is 10.1. The number of hydrogen-bond acceptors (Lipinski definition) is 6. The van der Waals surface area contributed by atoms with Gasteiger partial charge in [0.25, 0.3) is 0 Å². The van der Waals surface area contributed by atoms with Gasteiger partial charge in [-0.05, 0) is 44.1 Å². The van der Waals surface area contributed by atoms with Crippen molar-refractivity contribution in [2.45, 2.75) is 18.9 Å². The molecule has 0 atom stereocenters. The van der Waals surface area contributed by atoms with E-state index in [-0.39, 0.29) is 6.10 Å². The van der Waals surface area contributed by atoms with Crippen LogP contribution in [0.2, 0.25) is 0 Å². The molecule has 0 unspecified atom stereocenters. The van der Waals surface area contributed by atoms with E-state index in [2.05, 4.69) is 25.6 Å². The van der Waals surface area contributed by atoms with Crippen LogP contribution in [0.5, 0.6) is 5.75 Å². The Labute approximate surface area is 117 Å². The largest absolute Gasteiger partial charge is 0.489 e. The van der Waals surface area contributed by atoms with E-state index in [1.165, 1.54) is 0 Å². The first kappa shape index (κ1) is 12.8. The van der Waals surface area contributed by atoms with Crippen molar-refractivity contribution < 1.29 is 4.74 Å². The average molecular weight is 271 g/mol. The Balaban J connectivity index is 1.59. The van der Waals surface area contributed by atoms with Crippen molar-refractivity contribution in [3.8, 4) is 5.75 Å². The number of hydrogen-bond donors (Lipinski definition) is 2. The Hall–Kier alpha value is -2.21. The number of piperidine rings is 1. The second-order valence-corrected chi connectivity index (χ2v) is 4.64. The van der Waals surface area contributed by atoms with Gasteiger partial charge in [0.05, 0.1) is 6.20 Å². The average Bonchev–Trinajstić information content (AvgIpc) is 2.51. The molecule has 0 spiro atoms. The van der Waals surface area contributed by atoms with Gasteiger partial charge in [-0.1, -0.05) is 0 Å². The van der Waals surface area contributed by atoms with E-state index in [1.54, 1.807) is 24.7 Å². The van der Waals surface area contributed by atoms with Crippen molar-refractivity contribution in [2.75, 3.05) is 18.4 Å². The van der Waals surface area contributed by atoms with Crippen LogP contribution < -0.4 is 15.4 Å². The maximum atomic E-state index is 5.90. The van der Waals surface area contributed by atoms with E-state index >= 15 is 0 Å². The molecule has 2 aromatic rings. The maximum Gasteiger partial charge on any atom is 0.228 e. The molecule has 20 heavy (non-hydrogen) atoms. The molecular formula is C14H17N5O. The number of nitrogens with one attached hydrogen (secondary N) is 2. The van der Waals surface area contributed by atoms with Crippen LogP contribution in [0.1, 0.15) is 12.8 Å². The first-order valence-electron chi connectivity index (χ1n) is 6.77. The highest BCUT2D eigenvalue weighted by Crippen LogP contribution is 2.18. The summed E-state index contributed by atoms with van der Waals surface area (Å²) in [6.45, 7) is 2.03. The lowest BCUT2D eigenvalue weighted by molar-refractivity contribution is 0.162. The summed E-state index contributed by atoms with van der Waals surface area (Å²) >= 11 is 0. The summed E-state index contributed by atoms with van der Waals surface area (Å²) in [6.07, 6.45) is 7.46. The Morgan fingerprint density at radius 1 is 1.10 bits per heavy atom. The van der Waals surface area contributed by atoms with Crippen molar-refractivity contribution in [3.63, 3.8) is 0 Å². The SMILES string of the molecule is c1cnc(Nc2ccc(OC3CCNCC3)cn2)nc1. The highest BCUT2D eigenvalue weighted by Gasteiger charge is 2.14. The van der Waals surface area contributed by atoms with Crippen LogP contribution in [-0.4, -0.2) is 34.1 Å². The molecule has 1 saturated heterocycles. The van der Waals surface area contributed by atoms with Gasteiger partial charge < -0.3 is 15.4 Å². The zero-order chi connectivity index (χ0) is 13.6. The molecule has 1 aliphatic rings. The number of aromatic nitrogens is 3. The molecule has 2 aromatic heterocycles. The number of rotatable bonds is 4. The Morgan fingerprint density at radius 2 is 1.90 bits per heavy atom. The van der Waals surface area contributed by atoms with Gasteiger partial charge in [0, 0.05) is 12.4 Å². The summed E-state index contributed by atoms with van der Waals surface area (Å²) in [5.74, 6) is 2.04. The third-order valence-electron chi connectivity index (χ3n) is 3.13. The summed E-state index contributed by atoms with van der Waals surface area (Å²) in [5, 5.41) is 6.35. The van der Waals surface area contributed by atoms with Gasteiger partial charge in [0.1, 0.15) is 17.7 Å². The lowest BCUT2D eigenvalue weighted by Gasteiger charge is -2.23. The summed E-state index contributed by atoms with van der Waals surface area (Å²) < 4.78 is 5.90. The van der Waals surface area contributed by atoms with Crippen LogP contribution in [0.15, 0.2) is 36.8 Å². The number of nitrogens with zero attached hydrogens (tertiary/aromatic N) is 3. The first-order valence-corrected chi connectivity index (χ1v) is 6.77. The minimum absolute atomic E-state index is 0.286. The molecule has 0 radical (unpaired) electrons. The fourth-order valence-corrected chi connectivity index (χ4v) is 2.11. The monoisotopic (exact) mass is 271 g/mol. The van der Waals surface area contributed by atoms with Crippen molar-refractivity contribution in [1.82, 2.24) is 20.3 Å². The van der Waals surface area contributed by atoms with E-state index in [0.29, 0.717) is 11.8 Å². The van der Waals surface area contributed by atoms with Crippen LogP contribution in [-0.2, 0) is 0 Å². The standard InChI is InChI=1S/C14H17N5O/c1-6-16-14(17-7-1)19-13-3-2-12(10-18-13)20-11-4-8-15-9-5-11/h1-3,6-7,10-11,15H,4-5,8-9H2,(H,16,17,18,19). The molecule has 0 saturated carbocycles. The summed E-state index contributed by atoms with van der Waals surface area (Å²) in [7, 11) is 0. The second-order valence-electron chi connectivity index (χ2n) is 4.64. The molecule has 104 valence electrons. The number of pyridine rings is 1. The van der Waals surface area contributed by atoms with Gasteiger partial charge in [-0.3, -0.25) is 0 Å². The Bertz CT molecular complexity index is 525. The zero-order valence-electron chi connectivity index (χ0n) is 11.1. The second kappa shape index (κ2) is 6.29. The molecule has 0 aliphatic carbocycles. The molecule has 6 nitrogen and oxygen atoms in total.